The molecule has 0 radical (unpaired) electrons. The second-order valence-electron chi connectivity index (χ2n) is 32.5. The highest BCUT2D eigenvalue weighted by atomic mass is 32.1. The average molecular weight is 1770 g/mol. The van der Waals surface area contributed by atoms with Crippen molar-refractivity contribution in [2.24, 2.45) is 0 Å². The number of thiophene rings is 1. The monoisotopic (exact) mass is 1770 g/mol. The van der Waals surface area contributed by atoms with E-state index in [1.54, 1.807) is 34.0 Å². The van der Waals surface area contributed by atoms with Crippen LogP contribution in [-0.2, 0) is 0 Å². The third-order valence-electron chi connectivity index (χ3n) is 24.3. The molecule has 0 aliphatic rings. The molecule has 0 saturated carbocycles. The molecule has 0 fully saturated rings. The zero-order valence-electron chi connectivity index (χ0n) is 70.7. The van der Waals surface area contributed by atoms with Crippen molar-refractivity contribution >= 4 is 172 Å². The Kier molecular flexibility index (Phi) is 19.7. The topological polar surface area (TPSA) is 168 Å². The second kappa shape index (κ2) is 33.4. The molecule has 8 heterocycles. The molecule has 0 N–H and O–H groups in total. The molecule has 0 unspecified atom stereocenters. The summed E-state index contributed by atoms with van der Waals surface area (Å²) in [6, 6.07) is 142. The molecule has 27 rings (SSSR count). The molecular formula is C116H68N12OS4. The standard InChI is InChI=1S/C40H24N4S.C38H22N4OS.C38H22N4S2/c1-3-11-26(12-4-1)37-42-38(27-13-5-2-6-14-27)44-39(43-37)29-20-19-25-21-22-35-36(33(25)24-29)45-40(41-35)34-23-28-15-7-8-16-30(28)31-17-9-10-18-32(31)34;2*1-3-10-24(11-4-1)35-40-36(25-12-5-2-6-13-25)42-37(41-35)26-19-18-23-20-21-31-34(30(23)22-26)44-38(39-31)29-16-9-15-28-27-14-7-8-17-32(27)43-33(28)29/h1-24H;2*1-22H. The number of para-hydroxylation sites is 2. The Bertz CT molecular complexity index is 8710. The summed E-state index contributed by atoms with van der Waals surface area (Å²) in [6.45, 7) is 0. The summed E-state index contributed by atoms with van der Waals surface area (Å²) < 4.78 is 12.4. The highest BCUT2D eigenvalue weighted by Crippen LogP contribution is 2.48. The fourth-order valence-corrected chi connectivity index (χ4v) is 22.4. The largest absolute Gasteiger partial charge is 0.455 e. The Morgan fingerprint density at radius 1 is 0.165 bits per heavy atom. The quantitative estimate of drug-likeness (QED) is 0.106. The van der Waals surface area contributed by atoms with E-state index in [2.05, 4.69) is 212 Å². The fraction of sp³-hybridized carbons (Fsp3) is 0. The Morgan fingerprint density at radius 3 is 0.910 bits per heavy atom. The van der Waals surface area contributed by atoms with Gasteiger partial charge in [0.2, 0.25) is 0 Å². The molecule has 0 atom stereocenters. The van der Waals surface area contributed by atoms with Crippen LogP contribution in [-0.4, -0.2) is 59.8 Å². The Labute approximate surface area is 776 Å². The number of fused-ring (bicyclic) bond motifs is 18. The lowest BCUT2D eigenvalue weighted by Crippen LogP contribution is -2.00. The normalized spacial score (nSPS) is 11.6. The van der Waals surface area contributed by atoms with Gasteiger partial charge in [-0.2, -0.15) is 0 Å². The maximum Gasteiger partial charge on any atom is 0.164 e. The number of aromatic nitrogens is 12. The van der Waals surface area contributed by atoms with E-state index in [0.717, 1.165) is 161 Å². The number of benzene rings is 19. The van der Waals surface area contributed by atoms with E-state index in [1.165, 1.54) is 47.3 Å². The molecule has 19 aromatic carbocycles. The molecule has 133 heavy (non-hydrogen) atoms. The van der Waals surface area contributed by atoms with Gasteiger partial charge in [0.05, 0.1) is 36.2 Å². The van der Waals surface area contributed by atoms with Gasteiger partial charge in [0.25, 0.3) is 0 Å². The van der Waals surface area contributed by atoms with E-state index in [9.17, 15) is 0 Å². The summed E-state index contributed by atoms with van der Waals surface area (Å²) in [6.07, 6.45) is 0. The zero-order chi connectivity index (χ0) is 87.8. The van der Waals surface area contributed by atoms with Crippen molar-refractivity contribution in [2.45, 2.75) is 0 Å². The summed E-state index contributed by atoms with van der Waals surface area (Å²) >= 11 is 7.02. The molecule has 0 bridgehead atoms. The number of hydrogen-bond donors (Lipinski definition) is 0. The highest BCUT2D eigenvalue weighted by Gasteiger charge is 2.24. The van der Waals surface area contributed by atoms with Crippen LogP contribution < -0.4 is 0 Å². The predicted octanol–water partition coefficient (Wildman–Crippen LogP) is 31.5. The van der Waals surface area contributed by atoms with Crippen molar-refractivity contribution < 1.29 is 4.42 Å². The predicted molar refractivity (Wildman–Crippen MR) is 552 cm³/mol. The number of furan rings is 1. The minimum absolute atomic E-state index is 0.633. The van der Waals surface area contributed by atoms with Gasteiger partial charge in [0.15, 0.2) is 52.4 Å². The molecule has 0 aliphatic heterocycles. The van der Waals surface area contributed by atoms with E-state index >= 15 is 0 Å². The van der Waals surface area contributed by atoms with E-state index in [0.29, 0.717) is 52.4 Å². The summed E-state index contributed by atoms with van der Waals surface area (Å²) in [7, 11) is 0. The van der Waals surface area contributed by atoms with Crippen molar-refractivity contribution in [1.82, 2.24) is 59.8 Å². The SMILES string of the molecule is c1ccc(-c2nc(-c3ccccc3)nc(-c3ccc4ccc5nc(-c6cc7ccccc7c7ccccc67)sc5c4c3)n2)cc1.c1ccc(-c2nc(-c3ccccc3)nc(-c3ccc4ccc5nc(-c6cccc7c6oc6ccccc67)sc5c4c3)n2)cc1.c1ccc(-c2nc(-c3ccccc3)nc(-c3ccc4ccc5nc(-c6cccc7c6sc6ccccc67)sc5c4c3)n2)cc1. The van der Waals surface area contributed by atoms with E-state index in [4.69, 9.17) is 64.2 Å². The van der Waals surface area contributed by atoms with Gasteiger partial charge in [0.1, 0.15) is 26.2 Å². The molecule has 13 nitrogen and oxygen atoms in total. The Morgan fingerprint density at radius 2 is 0.481 bits per heavy atom. The Hall–Kier alpha value is -16.8. The van der Waals surface area contributed by atoms with Gasteiger partial charge < -0.3 is 4.42 Å². The van der Waals surface area contributed by atoms with Gasteiger partial charge in [-0.15, -0.1) is 45.3 Å². The molecular weight excluding hydrogens is 1710 g/mol. The summed E-state index contributed by atoms with van der Waals surface area (Å²) in [5.41, 5.74) is 16.6. The first kappa shape index (κ1) is 78.5. The Balaban J connectivity index is 0.000000107. The molecule has 8 aromatic heterocycles. The molecule has 17 heteroatoms. The molecule has 622 valence electrons. The smallest absolute Gasteiger partial charge is 0.164 e. The minimum Gasteiger partial charge on any atom is -0.455 e. The van der Waals surface area contributed by atoms with Gasteiger partial charge in [-0.25, -0.2) is 59.8 Å². The van der Waals surface area contributed by atoms with Crippen LogP contribution in [0.4, 0.5) is 0 Å². The third kappa shape index (κ3) is 14.7. The lowest BCUT2D eigenvalue weighted by atomic mass is 9.97. The molecule has 0 amide bonds. The van der Waals surface area contributed by atoms with Crippen LogP contribution in [0.2, 0.25) is 0 Å². The maximum atomic E-state index is 6.34. The maximum absolute atomic E-state index is 6.34. The molecule has 0 spiro atoms. The third-order valence-corrected chi connectivity index (χ3v) is 28.9. The van der Waals surface area contributed by atoms with Crippen molar-refractivity contribution in [2.75, 3.05) is 0 Å². The van der Waals surface area contributed by atoms with Crippen LogP contribution >= 0.6 is 45.3 Å². The van der Waals surface area contributed by atoms with Crippen LogP contribution in [0, 0.1) is 0 Å². The molecule has 27 aromatic rings. The van der Waals surface area contributed by atoms with Crippen LogP contribution in [0.15, 0.2) is 417 Å². The number of hydrogen-bond acceptors (Lipinski definition) is 17. The van der Waals surface area contributed by atoms with Gasteiger partial charge in [-0.1, -0.05) is 352 Å². The summed E-state index contributed by atoms with van der Waals surface area (Å²) in [4.78, 5) is 59.7. The second-order valence-corrected chi connectivity index (χ2v) is 36.5. The van der Waals surface area contributed by atoms with Crippen molar-refractivity contribution in [3.05, 3.63) is 413 Å². The average Bonchev–Trinajstić information content (AvgIpc) is 1.65. The van der Waals surface area contributed by atoms with Gasteiger partial charge in [0, 0.05) is 108 Å². The van der Waals surface area contributed by atoms with Crippen molar-refractivity contribution in [3.8, 4) is 134 Å². The first-order chi connectivity index (χ1) is 65.8. The number of rotatable bonds is 12. The summed E-state index contributed by atoms with van der Waals surface area (Å²) in [5.74, 6) is 5.84. The molecule has 0 saturated heterocycles. The summed E-state index contributed by atoms with van der Waals surface area (Å²) in [5, 5.41) is 19.6. The van der Waals surface area contributed by atoms with Crippen molar-refractivity contribution in [3.63, 3.8) is 0 Å². The number of nitrogens with zero attached hydrogens (tertiary/aromatic N) is 12. The van der Waals surface area contributed by atoms with E-state index in [1.807, 2.05) is 212 Å². The first-order valence-corrected chi connectivity index (χ1v) is 47.0. The van der Waals surface area contributed by atoms with Gasteiger partial charge in [-0.3, -0.25) is 0 Å². The van der Waals surface area contributed by atoms with Crippen LogP contribution in [0.5, 0.6) is 0 Å². The zero-order valence-corrected chi connectivity index (χ0v) is 73.9. The minimum atomic E-state index is 0.633. The molecule has 0 aliphatic carbocycles. The van der Waals surface area contributed by atoms with Crippen LogP contribution in [0.1, 0.15) is 0 Å². The first-order valence-electron chi connectivity index (χ1n) is 43.7. The highest BCUT2D eigenvalue weighted by molar-refractivity contribution is 7.27. The lowest BCUT2D eigenvalue weighted by molar-refractivity contribution is 0.670. The van der Waals surface area contributed by atoms with E-state index in [-0.39, 0.29) is 0 Å². The van der Waals surface area contributed by atoms with Crippen LogP contribution in [0.3, 0.4) is 0 Å². The van der Waals surface area contributed by atoms with Crippen molar-refractivity contribution in [1.29, 1.82) is 0 Å². The fourth-order valence-electron chi connectivity index (χ4n) is 17.8. The lowest BCUT2D eigenvalue weighted by Gasteiger charge is -2.09. The van der Waals surface area contributed by atoms with E-state index < -0.39 is 0 Å². The van der Waals surface area contributed by atoms with Crippen LogP contribution in [0.25, 0.3) is 261 Å². The van der Waals surface area contributed by atoms with Gasteiger partial charge >= 0.3 is 0 Å². The number of thiazole rings is 3. The van der Waals surface area contributed by atoms with Gasteiger partial charge in [-0.05, 0) is 98.4 Å².